The average molecular weight is 283 g/mol. The predicted octanol–water partition coefficient (Wildman–Crippen LogP) is -0.106. The first kappa shape index (κ1) is 12.9. The Morgan fingerprint density at radius 3 is 2.42 bits per heavy atom. The third-order valence-corrected chi connectivity index (χ3v) is 4.99. The van der Waals surface area contributed by atoms with Crippen molar-refractivity contribution in [2.45, 2.75) is 12.8 Å². The van der Waals surface area contributed by atoms with E-state index in [2.05, 4.69) is 10.2 Å². The van der Waals surface area contributed by atoms with Gasteiger partial charge in [-0.2, -0.15) is 11.8 Å². The van der Waals surface area contributed by atoms with E-state index in [-0.39, 0.29) is 5.91 Å². The van der Waals surface area contributed by atoms with Crippen molar-refractivity contribution >= 4 is 29.6 Å². The van der Waals surface area contributed by atoms with Gasteiger partial charge in [-0.05, 0) is 12.8 Å². The molecule has 2 aliphatic heterocycles. The molecular formula is C12H17N3O3S. The fourth-order valence-electron chi connectivity index (χ4n) is 2.57. The number of urea groups is 1. The fourth-order valence-corrected chi connectivity index (χ4v) is 3.55. The topological polar surface area (TPSA) is 69.7 Å². The van der Waals surface area contributed by atoms with Crippen LogP contribution in [-0.2, 0) is 9.59 Å². The number of thioether (sulfide) groups is 1. The van der Waals surface area contributed by atoms with Crippen LogP contribution in [0.1, 0.15) is 12.8 Å². The van der Waals surface area contributed by atoms with Crippen LogP contribution in [-0.4, -0.2) is 65.3 Å². The van der Waals surface area contributed by atoms with Crippen LogP contribution in [0.3, 0.4) is 0 Å². The zero-order valence-electron chi connectivity index (χ0n) is 10.7. The Labute approximate surface area is 115 Å². The summed E-state index contributed by atoms with van der Waals surface area (Å²) in [4.78, 5) is 39.1. The van der Waals surface area contributed by atoms with Crippen molar-refractivity contribution in [3.63, 3.8) is 0 Å². The first-order valence-electron chi connectivity index (χ1n) is 6.61. The molecule has 0 aromatic rings. The fraction of sp³-hybridized carbons (Fsp3) is 0.750. The van der Waals surface area contributed by atoms with Gasteiger partial charge in [-0.3, -0.25) is 24.7 Å². The van der Waals surface area contributed by atoms with Gasteiger partial charge in [0.15, 0.2) is 0 Å². The first-order chi connectivity index (χ1) is 9.13. The van der Waals surface area contributed by atoms with E-state index in [0.29, 0.717) is 25.9 Å². The molecule has 1 saturated carbocycles. The van der Waals surface area contributed by atoms with Crippen LogP contribution in [0.2, 0.25) is 0 Å². The van der Waals surface area contributed by atoms with Crippen LogP contribution in [0.25, 0.3) is 0 Å². The molecule has 3 rings (SSSR count). The lowest BCUT2D eigenvalue weighted by Crippen LogP contribution is -2.60. The van der Waals surface area contributed by atoms with Gasteiger partial charge in [0.1, 0.15) is 5.41 Å². The van der Waals surface area contributed by atoms with Crippen molar-refractivity contribution in [3.05, 3.63) is 0 Å². The number of nitrogens with one attached hydrogen (secondary N) is 1. The smallest absolute Gasteiger partial charge is 0.300 e. The second-order valence-corrected chi connectivity index (χ2v) is 6.48. The van der Waals surface area contributed by atoms with Crippen LogP contribution < -0.4 is 5.32 Å². The van der Waals surface area contributed by atoms with E-state index in [1.54, 1.807) is 0 Å². The molecule has 0 atom stereocenters. The van der Waals surface area contributed by atoms with Gasteiger partial charge in [0.05, 0.1) is 0 Å². The molecule has 2 heterocycles. The van der Waals surface area contributed by atoms with Crippen LogP contribution in [0, 0.1) is 5.41 Å². The second-order valence-electron chi connectivity index (χ2n) is 5.25. The maximum atomic E-state index is 12.2. The van der Waals surface area contributed by atoms with Gasteiger partial charge in [-0.1, -0.05) is 0 Å². The highest BCUT2D eigenvalue weighted by Crippen LogP contribution is 2.48. The van der Waals surface area contributed by atoms with Crippen molar-refractivity contribution in [2.24, 2.45) is 5.41 Å². The summed E-state index contributed by atoms with van der Waals surface area (Å²) < 4.78 is 0. The Bertz CT molecular complexity index is 430. The Kier molecular flexibility index (Phi) is 3.26. The number of carbonyl (C=O) groups excluding carboxylic acids is 3. The summed E-state index contributed by atoms with van der Waals surface area (Å²) in [5.74, 6) is 1.49. The minimum absolute atomic E-state index is 0.298. The van der Waals surface area contributed by atoms with Gasteiger partial charge in [0, 0.05) is 37.7 Å². The number of barbiturate groups is 1. The van der Waals surface area contributed by atoms with E-state index in [1.807, 2.05) is 11.8 Å². The number of hydrogen-bond donors (Lipinski definition) is 1. The lowest BCUT2D eigenvalue weighted by molar-refractivity contribution is -0.144. The highest BCUT2D eigenvalue weighted by molar-refractivity contribution is 7.99. The maximum Gasteiger partial charge on any atom is 0.330 e. The first-order valence-corrected chi connectivity index (χ1v) is 7.76. The molecular weight excluding hydrogens is 266 g/mol. The highest BCUT2D eigenvalue weighted by atomic mass is 32.2. The molecule has 1 N–H and O–H groups in total. The average Bonchev–Trinajstić information content (AvgIpc) is 3.20. The third-order valence-electron chi connectivity index (χ3n) is 4.05. The Balaban J connectivity index is 1.61. The molecule has 3 fully saturated rings. The van der Waals surface area contributed by atoms with E-state index in [0.717, 1.165) is 24.6 Å². The van der Waals surface area contributed by atoms with Crippen molar-refractivity contribution < 1.29 is 14.4 Å². The molecule has 6 nitrogen and oxygen atoms in total. The van der Waals surface area contributed by atoms with Gasteiger partial charge < -0.3 is 0 Å². The summed E-state index contributed by atoms with van der Waals surface area (Å²) in [7, 11) is 0. The number of amides is 4. The number of carbonyl (C=O) groups is 3. The highest BCUT2D eigenvalue weighted by Gasteiger charge is 2.62. The SMILES string of the molecule is O=C1NC(=O)C2(CC2)C(=O)N1CCN1CCSCC1. The van der Waals surface area contributed by atoms with E-state index in [1.165, 1.54) is 4.90 Å². The van der Waals surface area contributed by atoms with Crippen molar-refractivity contribution in [1.82, 2.24) is 15.1 Å². The molecule has 3 aliphatic rings. The number of hydrogen-bond acceptors (Lipinski definition) is 5. The van der Waals surface area contributed by atoms with Crippen molar-refractivity contribution in [3.8, 4) is 0 Å². The minimum atomic E-state index is -0.911. The summed E-state index contributed by atoms with van der Waals surface area (Å²) in [6.07, 6.45) is 1.14. The van der Waals surface area contributed by atoms with E-state index < -0.39 is 17.4 Å². The third kappa shape index (κ3) is 2.25. The van der Waals surface area contributed by atoms with Gasteiger partial charge in [-0.25, -0.2) is 4.79 Å². The second kappa shape index (κ2) is 4.79. The zero-order chi connectivity index (χ0) is 13.5. The quantitative estimate of drug-likeness (QED) is 0.732. The minimum Gasteiger partial charge on any atom is -0.300 e. The summed E-state index contributed by atoms with van der Waals surface area (Å²) in [6, 6.07) is -0.557. The molecule has 0 aromatic heterocycles. The van der Waals surface area contributed by atoms with Gasteiger partial charge in [0.2, 0.25) is 11.8 Å². The molecule has 4 amide bonds. The predicted molar refractivity (Wildman–Crippen MR) is 70.7 cm³/mol. The van der Waals surface area contributed by atoms with Crippen molar-refractivity contribution in [2.75, 3.05) is 37.7 Å². The molecule has 19 heavy (non-hydrogen) atoms. The molecule has 1 spiro atoms. The van der Waals surface area contributed by atoms with Gasteiger partial charge in [-0.15, -0.1) is 0 Å². The van der Waals surface area contributed by atoms with Gasteiger partial charge in [0.25, 0.3) is 0 Å². The molecule has 104 valence electrons. The monoisotopic (exact) mass is 283 g/mol. The molecule has 0 radical (unpaired) electrons. The zero-order valence-corrected chi connectivity index (χ0v) is 11.5. The largest absolute Gasteiger partial charge is 0.330 e. The summed E-state index contributed by atoms with van der Waals surface area (Å²) in [6.45, 7) is 3.07. The Morgan fingerprint density at radius 1 is 1.11 bits per heavy atom. The lowest BCUT2D eigenvalue weighted by atomic mass is 10.0. The molecule has 0 aromatic carbocycles. The number of imide groups is 2. The molecule has 7 heteroatoms. The maximum absolute atomic E-state index is 12.2. The van der Waals surface area contributed by atoms with Crippen molar-refractivity contribution in [1.29, 1.82) is 0 Å². The number of nitrogens with zero attached hydrogens (tertiary/aromatic N) is 2. The van der Waals surface area contributed by atoms with E-state index >= 15 is 0 Å². The Morgan fingerprint density at radius 2 is 1.79 bits per heavy atom. The van der Waals surface area contributed by atoms with E-state index in [4.69, 9.17) is 0 Å². The van der Waals surface area contributed by atoms with Crippen LogP contribution in [0.5, 0.6) is 0 Å². The van der Waals surface area contributed by atoms with Crippen LogP contribution in [0.15, 0.2) is 0 Å². The summed E-state index contributed by atoms with van der Waals surface area (Å²) in [5.41, 5.74) is -0.911. The summed E-state index contributed by atoms with van der Waals surface area (Å²) in [5, 5.41) is 2.30. The number of rotatable bonds is 3. The molecule has 1 aliphatic carbocycles. The molecule has 2 saturated heterocycles. The Hall–Kier alpha value is -1.08. The molecule has 0 unspecified atom stereocenters. The standard InChI is InChI=1S/C12H17N3O3S/c16-9-12(1-2-12)10(17)15(11(18)13-9)4-3-14-5-7-19-8-6-14/h1-8H2,(H,13,16,18). The normalized spacial score (nSPS) is 26.7. The van der Waals surface area contributed by atoms with Crippen LogP contribution >= 0.6 is 11.8 Å². The van der Waals surface area contributed by atoms with Crippen LogP contribution in [0.4, 0.5) is 4.79 Å². The summed E-state index contributed by atoms with van der Waals surface area (Å²) >= 11 is 1.93. The van der Waals surface area contributed by atoms with Gasteiger partial charge >= 0.3 is 6.03 Å². The van der Waals surface area contributed by atoms with E-state index in [9.17, 15) is 14.4 Å². The molecule has 0 bridgehead atoms. The lowest BCUT2D eigenvalue weighted by Gasteiger charge is -2.33.